The van der Waals surface area contributed by atoms with Crippen molar-refractivity contribution in [1.29, 1.82) is 0 Å². The van der Waals surface area contributed by atoms with E-state index in [-0.39, 0.29) is 29.9 Å². The minimum atomic E-state index is -0.312. The van der Waals surface area contributed by atoms with E-state index < -0.39 is 0 Å². The van der Waals surface area contributed by atoms with E-state index in [2.05, 4.69) is 0 Å². The van der Waals surface area contributed by atoms with Crippen LogP contribution in [-0.2, 0) is 16.0 Å². The van der Waals surface area contributed by atoms with Gasteiger partial charge in [0.2, 0.25) is 11.8 Å². The normalized spacial score (nSPS) is 22.9. The van der Waals surface area contributed by atoms with Gasteiger partial charge < -0.3 is 14.9 Å². The Balaban J connectivity index is 1.59. The molecule has 2 saturated heterocycles. The van der Waals surface area contributed by atoms with Gasteiger partial charge in [-0.3, -0.25) is 9.59 Å². The van der Waals surface area contributed by atoms with Crippen LogP contribution >= 0.6 is 0 Å². The van der Waals surface area contributed by atoms with E-state index in [1.807, 2.05) is 42.2 Å². The summed E-state index contributed by atoms with van der Waals surface area (Å²) in [7, 11) is 0. The zero-order valence-electron chi connectivity index (χ0n) is 14.9. The van der Waals surface area contributed by atoms with Crippen LogP contribution in [0.4, 0.5) is 0 Å². The summed E-state index contributed by atoms with van der Waals surface area (Å²) in [5.74, 6) is 0.410. The first kappa shape index (κ1) is 17.9. The van der Waals surface area contributed by atoms with Crippen LogP contribution in [0.2, 0.25) is 0 Å². The Morgan fingerprint density at radius 1 is 1.12 bits per heavy atom. The van der Waals surface area contributed by atoms with E-state index in [1.54, 1.807) is 4.90 Å². The lowest BCUT2D eigenvalue weighted by molar-refractivity contribution is -0.144. The second-order valence-electron chi connectivity index (χ2n) is 7.31. The second-order valence-corrected chi connectivity index (χ2v) is 7.31. The molecule has 0 saturated carbocycles. The number of hydrogen-bond acceptors (Lipinski definition) is 3. The Labute approximate surface area is 149 Å². The molecule has 2 unspecified atom stereocenters. The molecule has 1 aromatic carbocycles. The molecule has 1 aromatic rings. The third-order valence-corrected chi connectivity index (χ3v) is 5.59. The average Bonchev–Trinajstić information content (AvgIpc) is 3.12. The highest BCUT2D eigenvalue weighted by Gasteiger charge is 2.37. The molecule has 2 amide bonds. The number of aliphatic hydroxyl groups excluding tert-OH is 1. The molecule has 136 valence electrons. The molecule has 2 aliphatic rings. The Hall–Kier alpha value is -1.88. The predicted molar refractivity (Wildman–Crippen MR) is 95.9 cm³/mol. The fourth-order valence-electron chi connectivity index (χ4n) is 4.01. The van der Waals surface area contributed by atoms with Crippen LogP contribution < -0.4 is 0 Å². The number of piperidine rings is 1. The molecule has 0 aromatic heterocycles. The summed E-state index contributed by atoms with van der Waals surface area (Å²) < 4.78 is 0. The van der Waals surface area contributed by atoms with Crippen LogP contribution in [0.15, 0.2) is 30.3 Å². The van der Waals surface area contributed by atoms with Gasteiger partial charge in [0.1, 0.15) is 6.04 Å². The smallest absolute Gasteiger partial charge is 0.245 e. The Bertz CT molecular complexity index is 594. The van der Waals surface area contributed by atoms with Gasteiger partial charge in [-0.05, 0) is 44.1 Å². The summed E-state index contributed by atoms with van der Waals surface area (Å²) in [6.45, 7) is 3.87. The largest absolute Gasteiger partial charge is 0.393 e. The Kier molecular flexibility index (Phi) is 5.74. The fourth-order valence-corrected chi connectivity index (χ4v) is 4.01. The van der Waals surface area contributed by atoms with Gasteiger partial charge in [-0.25, -0.2) is 0 Å². The van der Waals surface area contributed by atoms with Crippen LogP contribution in [0, 0.1) is 5.92 Å². The summed E-state index contributed by atoms with van der Waals surface area (Å²) in [5, 5.41) is 9.71. The number of nitrogens with zero attached hydrogens (tertiary/aromatic N) is 2. The quantitative estimate of drug-likeness (QED) is 0.907. The number of carbonyl (C=O) groups is 2. The SMILES string of the molecule is CC(O)C1CCN(C(=O)C2CCCN2C(=O)Cc2ccccc2)CC1. The van der Waals surface area contributed by atoms with Crippen molar-refractivity contribution < 1.29 is 14.7 Å². The molecule has 3 rings (SSSR count). The molecule has 25 heavy (non-hydrogen) atoms. The molecule has 2 heterocycles. The monoisotopic (exact) mass is 344 g/mol. The standard InChI is InChI=1S/C20H28N2O3/c1-15(23)17-9-12-21(13-10-17)20(25)18-8-5-11-22(18)19(24)14-16-6-3-2-4-7-16/h2-4,6-7,15,17-18,23H,5,8-14H2,1H3. The zero-order chi connectivity index (χ0) is 17.8. The lowest BCUT2D eigenvalue weighted by atomic mass is 9.92. The number of amides is 2. The van der Waals surface area contributed by atoms with Gasteiger partial charge in [0.25, 0.3) is 0 Å². The van der Waals surface area contributed by atoms with Gasteiger partial charge in [0, 0.05) is 19.6 Å². The maximum atomic E-state index is 12.9. The van der Waals surface area contributed by atoms with Crippen molar-refractivity contribution in [3.63, 3.8) is 0 Å². The van der Waals surface area contributed by atoms with E-state index in [9.17, 15) is 14.7 Å². The molecular weight excluding hydrogens is 316 g/mol. The summed E-state index contributed by atoms with van der Waals surface area (Å²) in [6, 6.07) is 9.40. The number of rotatable bonds is 4. The van der Waals surface area contributed by atoms with Gasteiger partial charge in [-0.15, -0.1) is 0 Å². The molecule has 2 fully saturated rings. The Morgan fingerprint density at radius 3 is 2.44 bits per heavy atom. The van der Waals surface area contributed by atoms with E-state index in [0.717, 1.165) is 31.2 Å². The van der Waals surface area contributed by atoms with Gasteiger partial charge in [-0.2, -0.15) is 0 Å². The molecule has 5 heteroatoms. The highest BCUT2D eigenvalue weighted by molar-refractivity contribution is 5.89. The van der Waals surface area contributed by atoms with Gasteiger partial charge >= 0.3 is 0 Å². The summed E-state index contributed by atoms with van der Waals surface area (Å²) >= 11 is 0. The molecule has 1 N–H and O–H groups in total. The van der Waals surface area contributed by atoms with Crippen LogP contribution in [0.5, 0.6) is 0 Å². The molecule has 0 bridgehead atoms. The van der Waals surface area contributed by atoms with Crippen molar-refractivity contribution in [2.24, 2.45) is 5.92 Å². The lowest BCUT2D eigenvalue weighted by Crippen LogP contribution is -2.50. The molecule has 5 nitrogen and oxygen atoms in total. The highest BCUT2D eigenvalue weighted by Crippen LogP contribution is 2.25. The highest BCUT2D eigenvalue weighted by atomic mass is 16.3. The number of carbonyl (C=O) groups excluding carboxylic acids is 2. The first-order valence-corrected chi connectivity index (χ1v) is 9.36. The van der Waals surface area contributed by atoms with Crippen molar-refractivity contribution in [3.8, 4) is 0 Å². The number of benzene rings is 1. The van der Waals surface area contributed by atoms with Gasteiger partial charge in [0.05, 0.1) is 12.5 Å². The van der Waals surface area contributed by atoms with Crippen LogP contribution in [0.25, 0.3) is 0 Å². The minimum absolute atomic E-state index is 0.0425. The fraction of sp³-hybridized carbons (Fsp3) is 0.600. The van der Waals surface area contributed by atoms with Gasteiger partial charge in [-0.1, -0.05) is 30.3 Å². The second kappa shape index (κ2) is 8.00. The van der Waals surface area contributed by atoms with Crippen molar-refractivity contribution in [3.05, 3.63) is 35.9 Å². The van der Waals surface area contributed by atoms with Crippen LogP contribution in [0.1, 0.15) is 38.2 Å². The lowest BCUT2D eigenvalue weighted by Gasteiger charge is -2.36. The summed E-state index contributed by atoms with van der Waals surface area (Å²) in [5.41, 5.74) is 0.989. The van der Waals surface area contributed by atoms with Crippen molar-refractivity contribution in [2.45, 2.75) is 51.2 Å². The molecule has 0 aliphatic carbocycles. The Morgan fingerprint density at radius 2 is 1.80 bits per heavy atom. The molecular formula is C20H28N2O3. The van der Waals surface area contributed by atoms with Crippen LogP contribution in [-0.4, -0.2) is 58.5 Å². The minimum Gasteiger partial charge on any atom is -0.393 e. The number of likely N-dealkylation sites (tertiary alicyclic amines) is 2. The molecule has 2 atom stereocenters. The third-order valence-electron chi connectivity index (χ3n) is 5.59. The van der Waals surface area contributed by atoms with Crippen molar-refractivity contribution in [2.75, 3.05) is 19.6 Å². The third kappa shape index (κ3) is 4.21. The number of aliphatic hydroxyl groups is 1. The van der Waals surface area contributed by atoms with Crippen molar-refractivity contribution >= 4 is 11.8 Å². The average molecular weight is 344 g/mol. The van der Waals surface area contributed by atoms with E-state index in [4.69, 9.17) is 0 Å². The van der Waals surface area contributed by atoms with Crippen LogP contribution in [0.3, 0.4) is 0 Å². The van der Waals surface area contributed by atoms with E-state index in [0.29, 0.717) is 26.1 Å². The maximum Gasteiger partial charge on any atom is 0.245 e. The number of hydrogen-bond donors (Lipinski definition) is 1. The predicted octanol–water partition coefficient (Wildman–Crippen LogP) is 1.84. The molecule has 0 radical (unpaired) electrons. The molecule has 2 aliphatic heterocycles. The van der Waals surface area contributed by atoms with E-state index in [1.165, 1.54) is 0 Å². The summed E-state index contributed by atoms with van der Waals surface area (Å²) in [6.07, 6.45) is 3.38. The van der Waals surface area contributed by atoms with E-state index >= 15 is 0 Å². The van der Waals surface area contributed by atoms with Gasteiger partial charge in [0.15, 0.2) is 0 Å². The topological polar surface area (TPSA) is 60.9 Å². The zero-order valence-corrected chi connectivity index (χ0v) is 14.9. The van der Waals surface area contributed by atoms with Crippen molar-refractivity contribution in [1.82, 2.24) is 9.80 Å². The first-order chi connectivity index (χ1) is 12.1. The molecule has 0 spiro atoms. The first-order valence-electron chi connectivity index (χ1n) is 9.36. The summed E-state index contributed by atoms with van der Waals surface area (Å²) in [4.78, 5) is 29.3. The maximum absolute atomic E-state index is 12.9.